The molecule has 0 heterocycles. The first kappa shape index (κ1) is 26.3. The van der Waals surface area contributed by atoms with Crippen molar-refractivity contribution in [3.63, 3.8) is 0 Å². The summed E-state index contributed by atoms with van der Waals surface area (Å²) < 4.78 is 60.2. The van der Waals surface area contributed by atoms with E-state index in [1.807, 2.05) is 0 Å². The number of hydrogen-bond acceptors (Lipinski definition) is 6. The molecule has 0 N–H and O–H groups in total. The van der Waals surface area contributed by atoms with Gasteiger partial charge in [-0.25, -0.2) is 21.6 Å². The van der Waals surface area contributed by atoms with Crippen LogP contribution in [-0.4, -0.2) is 38.7 Å². The van der Waals surface area contributed by atoms with Crippen LogP contribution in [0.15, 0.2) is 94.8 Å². The summed E-state index contributed by atoms with van der Waals surface area (Å²) in [4.78, 5) is 12.4. The maximum atomic E-state index is 13.5. The Kier molecular flexibility index (Phi) is 6.79. The highest BCUT2D eigenvalue weighted by Crippen LogP contribution is 2.62. The maximum absolute atomic E-state index is 13.5. The molecule has 2 aliphatic carbocycles. The normalized spacial score (nSPS) is 25.9. The molecule has 1 saturated carbocycles. The minimum Gasteiger partial charge on any atom is -0.458 e. The molecule has 7 nitrogen and oxygen atoms in total. The van der Waals surface area contributed by atoms with Crippen molar-refractivity contribution < 1.29 is 26.4 Å². The van der Waals surface area contributed by atoms with E-state index in [4.69, 9.17) is 4.74 Å². The highest BCUT2D eigenvalue weighted by atomic mass is 32.3. The molecule has 0 aliphatic heterocycles. The Hall–Kier alpha value is -2.75. The molecule has 2 aromatic carbocycles. The zero-order valence-electron chi connectivity index (χ0n) is 20.7. The molecule has 36 heavy (non-hydrogen) atoms. The minimum absolute atomic E-state index is 0.0424. The van der Waals surface area contributed by atoms with E-state index < -0.39 is 32.1 Å². The number of allylic oxidation sites excluding steroid dienone is 1. The lowest BCUT2D eigenvalue weighted by atomic mass is 9.70. The number of carbonyl (C=O) groups excluding carboxylic acids is 1. The molecule has 9 heteroatoms. The van der Waals surface area contributed by atoms with Gasteiger partial charge in [0, 0.05) is 11.5 Å². The summed E-state index contributed by atoms with van der Waals surface area (Å²) in [6, 6.07) is 13.5. The summed E-state index contributed by atoms with van der Waals surface area (Å²) >= 11 is 0. The molecule has 192 valence electrons. The third kappa shape index (κ3) is 4.33. The lowest BCUT2D eigenvalue weighted by Gasteiger charge is -2.37. The average Bonchev–Trinajstić information content (AvgIpc) is 3.17. The van der Waals surface area contributed by atoms with Crippen LogP contribution in [0, 0.1) is 16.7 Å². The number of sulfonamides is 2. The molecule has 0 amide bonds. The van der Waals surface area contributed by atoms with E-state index in [9.17, 15) is 21.6 Å². The SMILES string of the molecule is CC(/C=C/C(=O)OC1CC2C=CC1(C)C2(C)C)N(S(=O)(=O)c1ccccc1)S(=O)(=O)c1ccccc1. The predicted molar refractivity (Wildman–Crippen MR) is 137 cm³/mol. The van der Waals surface area contributed by atoms with Gasteiger partial charge in [0.1, 0.15) is 6.10 Å². The summed E-state index contributed by atoms with van der Waals surface area (Å²) in [5.74, 6) is -0.329. The van der Waals surface area contributed by atoms with Crippen LogP contribution < -0.4 is 0 Å². The highest BCUT2D eigenvalue weighted by molar-refractivity contribution is 8.04. The number of rotatable bonds is 8. The van der Waals surface area contributed by atoms with E-state index in [1.54, 1.807) is 12.1 Å². The van der Waals surface area contributed by atoms with Crippen LogP contribution in [0.2, 0.25) is 0 Å². The molecule has 0 saturated heterocycles. The van der Waals surface area contributed by atoms with Crippen molar-refractivity contribution in [2.24, 2.45) is 16.7 Å². The minimum atomic E-state index is -4.48. The summed E-state index contributed by atoms with van der Waals surface area (Å²) in [5, 5.41) is 0. The smallest absolute Gasteiger partial charge is 0.330 e. The topological polar surface area (TPSA) is 97.8 Å². The standard InChI is InChI=1S/C27H31NO6S2/c1-20(15-16-25(29)34-24-19-21-17-18-27(24,4)26(21,2)3)28(35(30,31)22-11-7-5-8-12-22)36(32,33)23-13-9-6-10-14-23/h5-18,20-21,24H,19H2,1-4H3/b16-15+. The van der Waals surface area contributed by atoms with Crippen molar-refractivity contribution in [2.75, 3.05) is 0 Å². The molecule has 0 aromatic heterocycles. The Bertz CT molecular complexity index is 1330. The van der Waals surface area contributed by atoms with E-state index in [0.717, 1.165) is 6.08 Å². The molecule has 1 fully saturated rings. The summed E-state index contributed by atoms with van der Waals surface area (Å²) in [5.41, 5.74) is -0.342. The van der Waals surface area contributed by atoms with Crippen LogP contribution in [-0.2, 0) is 29.6 Å². The van der Waals surface area contributed by atoms with E-state index in [-0.39, 0.29) is 26.7 Å². The number of ether oxygens (including phenoxy) is 1. The molecule has 2 aromatic rings. The zero-order chi connectivity index (χ0) is 26.4. The van der Waals surface area contributed by atoms with E-state index in [1.165, 1.54) is 61.5 Å². The van der Waals surface area contributed by atoms with Gasteiger partial charge in [0.2, 0.25) is 0 Å². The summed E-state index contributed by atoms with van der Waals surface area (Å²) in [6.45, 7) is 7.80. The van der Waals surface area contributed by atoms with Gasteiger partial charge in [0.15, 0.2) is 0 Å². The van der Waals surface area contributed by atoms with Crippen LogP contribution in [0.1, 0.15) is 34.1 Å². The van der Waals surface area contributed by atoms with Crippen molar-refractivity contribution in [1.29, 1.82) is 0 Å². The first-order valence-electron chi connectivity index (χ1n) is 11.8. The molecule has 4 unspecified atom stereocenters. The van der Waals surface area contributed by atoms with E-state index >= 15 is 0 Å². The van der Waals surface area contributed by atoms with Crippen LogP contribution in [0.25, 0.3) is 0 Å². The van der Waals surface area contributed by atoms with Gasteiger partial charge in [-0.05, 0) is 48.9 Å². The van der Waals surface area contributed by atoms with Crippen molar-refractivity contribution in [3.8, 4) is 0 Å². The fourth-order valence-electron chi connectivity index (χ4n) is 5.14. The van der Waals surface area contributed by atoms with Crippen LogP contribution in [0.4, 0.5) is 0 Å². The fourth-order valence-corrected chi connectivity index (χ4v) is 9.12. The Morgan fingerprint density at radius 2 is 1.44 bits per heavy atom. The van der Waals surface area contributed by atoms with Gasteiger partial charge in [0.25, 0.3) is 20.0 Å². The number of esters is 1. The zero-order valence-corrected chi connectivity index (χ0v) is 22.4. The quantitative estimate of drug-likeness (QED) is 0.283. The monoisotopic (exact) mass is 529 g/mol. The van der Waals surface area contributed by atoms with Crippen molar-refractivity contribution >= 4 is 26.0 Å². The van der Waals surface area contributed by atoms with Crippen molar-refractivity contribution in [2.45, 2.75) is 56.1 Å². The summed E-state index contributed by atoms with van der Waals surface area (Å²) in [7, 11) is -8.95. The van der Waals surface area contributed by atoms with Gasteiger partial charge < -0.3 is 4.74 Å². The second-order valence-corrected chi connectivity index (χ2v) is 14.0. The average molecular weight is 530 g/mol. The molecule has 0 radical (unpaired) electrons. The lowest BCUT2D eigenvalue weighted by Crippen LogP contribution is -2.42. The van der Waals surface area contributed by atoms with Crippen molar-refractivity contribution in [3.05, 3.63) is 85.0 Å². The van der Waals surface area contributed by atoms with Gasteiger partial charge in [0.05, 0.1) is 15.8 Å². The Morgan fingerprint density at radius 3 is 1.86 bits per heavy atom. The number of carbonyl (C=O) groups is 1. The Morgan fingerprint density at radius 1 is 0.944 bits per heavy atom. The van der Waals surface area contributed by atoms with E-state index in [2.05, 4.69) is 32.9 Å². The van der Waals surface area contributed by atoms with Gasteiger partial charge in [-0.2, -0.15) is 0 Å². The van der Waals surface area contributed by atoms with Gasteiger partial charge >= 0.3 is 5.97 Å². The largest absolute Gasteiger partial charge is 0.458 e. The van der Waals surface area contributed by atoms with Crippen LogP contribution >= 0.6 is 0 Å². The van der Waals surface area contributed by atoms with Gasteiger partial charge in [-0.1, -0.05) is 79.1 Å². The Labute approximate surface area is 213 Å². The Balaban J connectivity index is 1.62. The first-order valence-corrected chi connectivity index (χ1v) is 14.7. The number of hydrogen-bond donors (Lipinski definition) is 0. The lowest BCUT2D eigenvalue weighted by molar-refractivity contribution is -0.148. The molecule has 2 bridgehead atoms. The third-order valence-corrected chi connectivity index (χ3v) is 12.3. The van der Waals surface area contributed by atoms with Gasteiger partial charge in [-0.15, -0.1) is 0 Å². The molecule has 4 atom stereocenters. The van der Waals surface area contributed by atoms with Crippen LogP contribution in [0.5, 0.6) is 0 Å². The van der Waals surface area contributed by atoms with Crippen LogP contribution in [0.3, 0.4) is 0 Å². The second kappa shape index (κ2) is 9.28. The number of benzene rings is 2. The van der Waals surface area contributed by atoms with E-state index in [0.29, 0.717) is 16.0 Å². The first-order chi connectivity index (χ1) is 16.8. The second-order valence-electron chi connectivity index (χ2n) is 10.1. The highest BCUT2D eigenvalue weighted by Gasteiger charge is 2.60. The predicted octanol–water partition coefficient (Wildman–Crippen LogP) is 4.54. The number of fused-ring (bicyclic) bond motifs is 2. The summed E-state index contributed by atoms with van der Waals surface area (Å²) in [6.07, 6.45) is 7.04. The van der Waals surface area contributed by atoms with Crippen molar-refractivity contribution in [1.82, 2.24) is 3.71 Å². The third-order valence-electron chi connectivity index (χ3n) is 7.78. The number of nitrogens with zero attached hydrogens (tertiary/aromatic N) is 1. The van der Waals surface area contributed by atoms with Gasteiger partial charge in [-0.3, -0.25) is 0 Å². The molecule has 0 spiro atoms. The molecular weight excluding hydrogens is 498 g/mol. The maximum Gasteiger partial charge on any atom is 0.330 e. The fraction of sp³-hybridized carbons (Fsp3) is 0.370. The molecule has 4 rings (SSSR count). The molecular formula is C27H31NO6S2. The molecule has 2 aliphatic rings.